The van der Waals surface area contributed by atoms with Crippen LogP contribution < -0.4 is 30.7 Å². The van der Waals surface area contributed by atoms with Crippen LogP contribution in [0.3, 0.4) is 0 Å². The zero-order valence-corrected chi connectivity index (χ0v) is 42.2. The summed E-state index contributed by atoms with van der Waals surface area (Å²) in [6, 6.07) is 14.1. The van der Waals surface area contributed by atoms with Gasteiger partial charge in [0.05, 0.1) is 28.3 Å². The largest absolute Gasteiger partial charge is 0.488 e. The Hall–Kier alpha value is -6.28. The summed E-state index contributed by atoms with van der Waals surface area (Å²) in [6.07, 6.45) is 6.43. The number of aryl methyl sites for hydroxylation is 1. The lowest BCUT2D eigenvalue weighted by Gasteiger charge is -2.40. The molecule has 5 amide bonds. The van der Waals surface area contributed by atoms with Crippen molar-refractivity contribution in [3.63, 3.8) is 0 Å². The van der Waals surface area contributed by atoms with E-state index in [1.165, 1.54) is 29.2 Å². The summed E-state index contributed by atoms with van der Waals surface area (Å²) >= 11 is 6.72. The summed E-state index contributed by atoms with van der Waals surface area (Å²) in [5.74, 6) is -3.48. The molecule has 1 aliphatic carbocycles. The number of imide groups is 1. The molecule has 74 heavy (non-hydrogen) atoms. The van der Waals surface area contributed by atoms with Crippen molar-refractivity contribution in [2.24, 2.45) is 24.6 Å². The van der Waals surface area contributed by atoms with E-state index in [1.807, 2.05) is 42.2 Å². The van der Waals surface area contributed by atoms with Crippen molar-refractivity contribution >= 4 is 52.2 Å². The number of rotatable bonds is 14. The molecule has 3 aromatic carbocycles. The summed E-state index contributed by atoms with van der Waals surface area (Å²) < 4.78 is 61.9. The molecule has 20 heteroatoms. The molecule has 0 spiro atoms. The molecule has 10 rings (SSSR count). The van der Waals surface area contributed by atoms with Crippen LogP contribution in [0.15, 0.2) is 54.6 Å². The predicted octanol–water partition coefficient (Wildman–Crippen LogP) is 7.28. The third kappa shape index (κ3) is 9.67. The van der Waals surface area contributed by atoms with Gasteiger partial charge in [-0.25, -0.2) is 27.6 Å². The van der Waals surface area contributed by atoms with E-state index in [2.05, 4.69) is 20.6 Å². The van der Waals surface area contributed by atoms with Gasteiger partial charge < -0.3 is 35.4 Å². The molecule has 392 valence electrons. The Morgan fingerprint density at radius 3 is 2.36 bits per heavy atom. The van der Waals surface area contributed by atoms with Gasteiger partial charge in [0.2, 0.25) is 17.7 Å². The second-order valence-electron chi connectivity index (χ2n) is 20.5. The summed E-state index contributed by atoms with van der Waals surface area (Å²) in [7, 11) is 1.71. The number of fused-ring (bicyclic) bond motifs is 2. The number of piperidine rings is 2. The number of primary amides is 1. The van der Waals surface area contributed by atoms with Crippen LogP contribution in [-0.4, -0.2) is 118 Å². The molecule has 3 saturated heterocycles. The number of hydrogen-bond donors (Lipinski definition) is 4. The van der Waals surface area contributed by atoms with Crippen molar-refractivity contribution in [3.05, 3.63) is 99.5 Å². The second kappa shape index (κ2) is 21.2. The number of urea groups is 1. The van der Waals surface area contributed by atoms with Crippen LogP contribution in [0, 0.1) is 29.3 Å². The Morgan fingerprint density at radius 1 is 0.946 bits per heavy atom. The minimum Gasteiger partial charge on any atom is -0.488 e. The van der Waals surface area contributed by atoms with Crippen molar-refractivity contribution in [1.29, 1.82) is 0 Å². The van der Waals surface area contributed by atoms with Crippen molar-refractivity contribution in [1.82, 2.24) is 35.2 Å². The van der Waals surface area contributed by atoms with E-state index in [9.17, 15) is 24.3 Å². The number of aromatic nitrogens is 3. The Labute approximate surface area is 431 Å². The lowest BCUT2D eigenvalue weighted by molar-refractivity contribution is -0.138. The van der Waals surface area contributed by atoms with E-state index in [0.29, 0.717) is 41.3 Å². The predicted molar refractivity (Wildman–Crippen MR) is 271 cm³/mol. The molecule has 5 aromatic rings. The number of nitrogens with zero attached hydrogens (tertiary/aromatic N) is 6. The Bertz CT molecular complexity index is 2980. The quantitative estimate of drug-likeness (QED) is 0.0873. The SMILES string of the molecule is CC1c2c(cc(F)c(Cl)c2-c2c(C(N)=O)ccc(OCCO)c2F)OC1(CNC1CCC(C(=O)N2CCC(CN3CCC(c4nc5c(cc4F)c(N4CCC(=O)NC4=O)nn5C)CC3)CC2)CC1)c1ccccc1. The first-order chi connectivity index (χ1) is 35.6. The van der Waals surface area contributed by atoms with E-state index >= 15 is 13.2 Å². The lowest BCUT2D eigenvalue weighted by atomic mass is 9.77. The fourth-order valence-corrected chi connectivity index (χ4v) is 12.3. The van der Waals surface area contributed by atoms with E-state index in [4.69, 9.17) is 31.8 Å². The zero-order valence-electron chi connectivity index (χ0n) is 41.5. The molecule has 5 aliphatic rings. The van der Waals surface area contributed by atoms with Crippen molar-refractivity contribution in [3.8, 4) is 22.6 Å². The van der Waals surface area contributed by atoms with Crippen LogP contribution in [-0.2, 0) is 22.2 Å². The number of amides is 5. The third-order valence-electron chi connectivity index (χ3n) is 16.1. The molecule has 16 nitrogen and oxygen atoms in total. The molecule has 0 bridgehead atoms. The van der Waals surface area contributed by atoms with Gasteiger partial charge in [-0.05, 0) is 94.1 Å². The number of aliphatic hydroxyl groups excluding tert-OH is 1. The highest BCUT2D eigenvalue weighted by Crippen LogP contribution is 2.56. The fraction of sp³-hybridized carbons (Fsp3) is 0.481. The molecule has 6 heterocycles. The highest BCUT2D eigenvalue weighted by atomic mass is 35.5. The smallest absolute Gasteiger partial charge is 0.329 e. The maximum Gasteiger partial charge on any atom is 0.329 e. The van der Waals surface area contributed by atoms with Gasteiger partial charge in [-0.3, -0.25) is 24.6 Å². The maximum absolute atomic E-state index is 16.5. The van der Waals surface area contributed by atoms with Crippen molar-refractivity contribution < 1.29 is 46.9 Å². The maximum atomic E-state index is 16.5. The molecule has 2 aromatic heterocycles. The van der Waals surface area contributed by atoms with Gasteiger partial charge in [0.25, 0.3) is 0 Å². The summed E-state index contributed by atoms with van der Waals surface area (Å²) in [6.45, 7) is 5.70. The average Bonchev–Trinajstić information content (AvgIpc) is 3.87. The summed E-state index contributed by atoms with van der Waals surface area (Å²) in [5, 5.41) is 19.9. The molecule has 2 unspecified atom stereocenters. The second-order valence-corrected chi connectivity index (χ2v) is 20.9. The Morgan fingerprint density at radius 2 is 1.68 bits per heavy atom. The van der Waals surface area contributed by atoms with Crippen LogP contribution in [0.4, 0.5) is 23.8 Å². The molecule has 4 aliphatic heterocycles. The minimum atomic E-state index is -1.12. The number of halogens is 4. The van der Waals surface area contributed by atoms with E-state index in [0.717, 1.165) is 76.6 Å². The molecule has 1 saturated carbocycles. The first kappa shape index (κ1) is 51.2. The number of ether oxygens (including phenoxy) is 2. The van der Waals surface area contributed by atoms with Gasteiger partial charge in [-0.15, -0.1) is 0 Å². The Balaban J connectivity index is 0.735. The normalized spacial score (nSPS) is 23.0. The number of aliphatic hydroxyl groups is 1. The standard InChI is InChI=1S/C54H61ClF3N9O7/c1-30-43-41(27-38(56)46(55)45(43)44-36(49(59)70)12-13-40(47(44)58)73-25-24-68)74-54(30,34-6-4-3-5-7-34)29-60-35-10-8-33(9-11-35)52(71)66-21-14-31(15-22-66)28-65-19-16-32(17-20-65)48-39(57)26-37-50(62-48)64(2)63-51(37)67-23-18-42(69)61-53(67)72/h3-7,12-13,26-27,30-33,35,60,68H,8-11,14-25,28-29H2,1-2H3,(H2,59,70)(H,61,69,72). The highest BCUT2D eigenvalue weighted by molar-refractivity contribution is 6.34. The molecular formula is C54H61ClF3N9O7. The van der Waals surface area contributed by atoms with Gasteiger partial charge in [0.1, 0.15) is 24.0 Å². The highest BCUT2D eigenvalue weighted by Gasteiger charge is 2.50. The van der Waals surface area contributed by atoms with E-state index in [-0.39, 0.29) is 96.4 Å². The van der Waals surface area contributed by atoms with Crippen molar-refractivity contribution in [2.45, 2.75) is 88.2 Å². The molecular weight excluding hydrogens is 979 g/mol. The van der Waals surface area contributed by atoms with E-state index in [1.54, 1.807) is 11.7 Å². The van der Waals surface area contributed by atoms with Gasteiger partial charge in [-0.1, -0.05) is 48.9 Å². The number of nitrogens with two attached hydrogens (primary N) is 1. The third-order valence-corrected chi connectivity index (χ3v) is 16.5. The van der Waals surface area contributed by atoms with Gasteiger partial charge >= 0.3 is 6.03 Å². The van der Waals surface area contributed by atoms with Crippen LogP contribution in [0.5, 0.6) is 11.5 Å². The first-order valence-electron chi connectivity index (χ1n) is 25.7. The Kier molecular flexibility index (Phi) is 14.6. The van der Waals surface area contributed by atoms with Gasteiger partial charge in [-0.2, -0.15) is 5.10 Å². The number of pyridine rings is 1. The van der Waals surface area contributed by atoms with E-state index < -0.39 is 45.9 Å². The number of anilines is 1. The molecule has 2 atom stereocenters. The van der Waals surface area contributed by atoms with Crippen molar-refractivity contribution in [2.75, 3.05) is 63.9 Å². The van der Waals surface area contributed by atoms with Crippen LogP contribution in [0.25, 0.3) is 22.2 Å². The number of nitrogens with one attached hydrogen (secondary N) is 2. The number of carbonyl (C=O) groups is 4. The molecule has 0 radical (unpaired) electrons. The van der Waals surface area contributed by atoms with Crippen LogP contribution >= 0.6 is 11.6 Å². The van der Waals surface area contributed by atoms with Gasteiger partial charge in [0.15, 0.2) is 28.6 Å². The van der Waals surface area contributed by atoms with Crippen LogP contribution in [0.1, 0.15) is 104 Å². The van der Waals surface area contributed by atoms with Crippen LogP contribution in [0.2, 0.25) is 5.02 Å². The van der Waals surface area contributed by atoms with Gasteiger partial charge in [0, 0.05) is 92.7 Å². The number of carbonyl (C=O) groups excluding carboxylic acids is 4. The summed E-state index contributed by atoms with van der Waals surface area (Å²) in [4.78, 5) is 61.6. The number of benzene rings is 3. The fourth-order valence-electron chi connectivity index (χ4n) is 12.1. The first-order valence-corrected chi connectivity index (χ1v) is 26.0. The minimum absolute atomic E-state index is 0.0504. The zero-order chi connectivity index (χ0) is 52.0. The molecule has 5 N–H and O–H groups in total. The number of likely N-dealkylation sites (tertiary alicyclic amines) is 2. The number of hydrogen-bond acceptors (Lipinski definition) is 11. The average molecular weight is 1040 g/mol. The lowest BCUT2D eigenvalue weighted by Crippen LogP contribution is -2.49. The molecule has 4 fully saturated rings. The summed E-state index contributed by atoms with van der Waals surface area (Å²) in [5.41, 5.74) is 6.13. The monoisotopic (exact) mass is 1040 g/mol. The topological polar surface area (TPSA) is 197 Å².